The number of methoxy groups -OCH3 is 1. The Kier molecular flexibility index (Phi) is 5.78. The van der Waals surface area contributed by atoms with Crippen molar-refractivity contribution in [3.05, 3.63) is 39.4 Å². The van der Waals surface area contributed by atoms with Crippen LogP contribution in [0.25, 0.3) is 0 Å². The van der Waals surface area contributed by atoms with Crippen LogP contribution in [0.2, 0.25) is 0 Å². The van der Waals surface area contributed by atoms with Gasteiger partial charge in [0.1, 0.15) is 11.4 Å². The third kappa shape index (κ3) is 3.61. The number of nitrogens with zero attached hydrogens (tertiary/aromatic N) is 1. The van der Waals surface area contributed by atoms with Crippen LogP contribution < -0.4 is 5.32 Å². The van der Waals surface area contributed by atoms with E-state index >= 15 is 0 Å². The fraction of sp³-hybridized carbons (Fsp3) is 0.364. The second kappa shape index (κ2) is 7.11. The van der Waals surface area contributed by atoms with E-state index in [0.717, 1.165) is 0 Å². The number of nitro benzene ring substituents is 1. The molecule has 0 heterocycles. The monoisotopic (exact) mass is 308 g/mol. The minimum absolute atomic E-state index is 0.0351. The molecule has 0 aliphatic carbocycles. The highest BCUT2D eigenvalue weighted by molar-refractivity contribution is 6.18. The van der Waals surface area contributed by atoms with E-state index in [-0.39, 0.29) is 12.5 Å². The third-order valence-electron chi connectivity index (χ3n) is 2.38. The van der Waals surface area contributed by atoms with Gasteiger partial charge in [-0.2, -0.15) is 4.39 Å². The average molecular weight is 309 g/mol. The molecule has 0 saturated carbocycles. The Morgan fingerprint density at radius 2 is 2.20 bits per heavy atom. The van der Waals surface area contributed by atoms with Crippen LogP contribution in [0.5, 0.6) is 0 Å². The maximum Gasteiger partial charge on any atom is 0.305 e. The van der Waals surface area contributed by atoms with Gasteiger partial charge >= 0.3 is 5.69 Å². The predicted octanol–water partition coefficient (Wildman–Crippen LogP) is 1.86. The van der Waals surface area contributed by atoms with Crippen LogP contribution >= 0.6 is 11.6 Å². The Labute approximate surface area is 117 Å². The number of ether oxygens (including phenoxy) is 1. The standard InChI is InChI=1S/C11H11ClF2N2O4/c1-20-5-6(4-12)15-11(17)9-7(13)2-3-8(10(9)14)16(18)19/h2-3,6H,4-5H2,1H3,(H,15,17). The van der Waals surface area contributed by atoms with E-state index in [0.29, 0.717) is 12.1 Å². The zero-order chi connectivity index (χ0) is 15.3. The van der Waals surface area contributed by atoms with E-state index in [1.54, 1.807) is 0 Å². The molecule has 6 nitrogen and oxygen atoms in total. The summed E-state index contributed by atoms with van der Waals surface area (Å²) in [6, 6.07) is 0.629. The summed E-state index contributed by atoms with van der Waals surface area (Å²) in [7, 11) is 1.36. The number of alkyl halides is 1. The lowest BCUT2D eigenvalue weighted by molar-refractivity contribution is -0.387. The first-order chi connectivity index (χ1) is 9.42. The molecule has 1 atom stereocenters. The number of carbonyl (C=O) groups excluding carboxylic acids is 1. The number of nitrogens with one attached hydrogen (secondary N) is 1. The van der Waals surface area contributed by atoms with E-state index in [4.69, 9.17) is 16.3 Å². The average Bonchev–Trinajstić information content (AvgIpc) is 2.37. The van der Waals surface area contributed by atoms with Crippen LogP contribution in [0.3, 0.4) is 0 Å². The van der Waals surface area contributed by atoms with Crippen molar-refractivity contribution < 1.29 is 23.2 Å². The van der Waals surface area contributed by atoms with Crippen LogP contribution in [-0.4, -0.2) is 36.5 Å². The zero-order valence-corrected chi connectivity index (χ0v) is 11.1. The SMILES string of the molecule is COCC(CCl)NC(=O)c1c(F)ccc([N+](=O)[O-])c1F. The summed E-state index contributed by atoms with van der Waals surface area (Å²) >= 11 is 5.55. The second-order valence-corrected chi connectivity index (χ2v) is 4.10. The minimum Gasteiger partial charge on any atom is -0.383 e. The smallest absolute Gasteiger partial charge is 0.305 e. The van der Waals surface area contributed by atoms with Gasteiger partial charge in [0, 0.05) is 19.1 Å². The quantitative estimate of drug-likeness (QED) is 0.494. The van der Waals surface area contributed by atoms with Gasteiger partial charge in [0.15, 0.2) is 0 Å². The molecule has 1 amide bonds. The summed E-state index contributed by atoms with van der Waals surface area (Å²) in [5, 5.41) is 12.8. The van der Waals surface area contributed by atoms with Crippen LogP contribution in [-0.2, 0) is 4.74 Å². The van der Waals surface area contributed by atoms with Crippen molar-refractivity contribution >= 4 is 23.2 Å². The first-order valence-corrected chi connectivity index (χ1v) is 5.94. The third-order valence-corrected chi connectivity index (χ3v) is 2.76. The molecular formula is C11H11ClF2N2O4. The molecule has 0 aliphatic rings. The summed E-state index contributed by atoms with van der Waals surface area (Å²) in [6.07, 6.45) is 0. The Morgan fingerprint density at radius 1 is 1.55 bits per heavy atom. The number of hydrogen-bond donors (Lipinski definition) is 1. The van der Waals surface area contributed by atoms with Gasteiger partial charge in [0.25, 0.3) is 5.91 Å². The van der Waals surface area contributed by atoms with Crippen LogP contribution in [0.15, 0.2) is 12.1 Å². The van der Waals surface area contributed by atoms with Crippen molar-refractivity contribution in [1.82, 2.24) is 5.32 Å². The van der Waals surface area contributed by atoms with Crippen LogP contribution in [0, 0.1) is 21.7 Å². The van der Waals surface area contributed by atoms with Crippen molar-refractivity contribution in [3.8, 4) is 0 Å². The van der Waals surface area contributed by atoms with Crippen molar-refractivity contribution in [2.45, 2.75) is 6.04 Å². The molecule has 0 saturated heterocycles. The van der Waals surface area contributed by atoms with Crippen LogP contribution in [0.1, 0.15) is 10.4 Å². The predicted molar refractivity (Wildman–Crippen MR) is 66.9 cm³/mol. The molecule has 0 aromatic heterocycles. The van der Waals surface area contributed by atoms with Gasteiger partial charge in [-0.25, -0.2) is 4.39 Å². The van der Waals surface area contributed by atoms with Gasteiger partial charge in [-0.15, -0.1) is 11.6 Å². The van der Waals surface area contributed by atoms with Crippen LogP contribution in [0.4, 0.5) is 14.5 Å². The molecule has 0 radical (unpaired) electrons. The van der Waals surface area contributed by atoms with Crippen molar-refractivity contribution in [3.63, 3.8) is 0 Å². The number of nitro groups is 1. The number of benzene rings is 1. The van der Waals surface area contributed by atoms with E-state index in [1.165, 1.54) is 7.11 Å². The molecule has 0 fully saturated rings. The first-order valence-electron chi connectivity index (χ1n) is 5.40. The summed E-state index contributed by atoms with van der Waals surface area (Å²) in [6.45, 7) is 0.0351. The minimum atomic E-state index is -1.53. The van der Waals surface area contributed by atoms with E-state index in [1.807, 2.05) is 0 Å². The molecule has 9 heteroatoms. The van der Waals surface area contributed by atoms with Gasteiger partial charge in [0.05, 0.1) is 17.6 Å². The molecule has 0 bridgehead atoms. The van der Waals surface area contributed by atoms with E-state index in [2.05, 4.69) is 5.32 Å². The molecule has 0 aliphatic heterocycles. The number of halogens is 3. The molecule has 110 valence electrons. The zero-order valence-electron chi connectivity index (χ0n) is 10.4. The largest absolute Gasteiger partial charge is 0.383 e. The summed E-state index contributed by atoms with van der Waals surface area (Å²) in [5.41, 5.74) is -2.00. The second-order valence-electron chi connectivity index (χ2n) is 3.79. The van der Waals surface area contributed by atoms with Crippen molar-refractivity contribution in [2.75, 3.05) is 19.6 Å². The maximum atomic E-state index is 13.8. The summed E-state index contributed by atoms with van der Waals surface area (Å²) in [4.78, 5) is 21.3. The lowest BCUT2D eigenvalue weighted by Gasteiger charge is -2.15. The normalized spacial score (nSPS) is 12.0. The Morgan fingerprint density at radius 3 is 2.70 bits per heavy atom. The van der Waals surface area contributed by atoms with E-state index < -0.39 is 39.8 Å². The molecule has 1 N–H and O–H groups in total. The first kappa shape index (κ1) is 16.3. The molecule has 1 aromatic carbocycles. The highest BCUT2D eigenvalue weighted by Gasteiger charge is 2.27. The maximum absolute atomic E-state index is 13.8. The molecule has 0 spiro atoms. The van der Waals surface area contributed by atoms with Gasteiger partial charge in [-0.1, -0.05) is 0 Å². The molecule has 1 unspecified atom stereocenters. The summed E-state index contributed by atoms with van der Waals surface area (Å²) in [5.74, 6) is -3.90. The number of rotatable bonds is 6. The lowest BCUT2D eigenvalue weighted by Crippen LogP contribution is -2.40. The number of carbonyl (C=O) groups is 1. The van der Waals surface area contributed by atoms with Gasteiger partial charge in [-0.05, 0) is 6.07 Å². The molecule has 1 aromatic rings. The van der Waals surface area contributed by atoms with Gasteiger partial charge in [-0.3, -0.25) is 14.9 Å². The topological polar surface area (TPSA) is 81.5 Å². The van der Waals surface area contributed by atoms with E-state index in [9.17, 15) is 23.7 Å². The molecule has 1 rings (SSSR count). The van der Waals surface area contributed by atoms with Crippen molar-refractivity contribution in [1.29, 1.82) is 0 Å². The Hall–Kier alpha value is -1.80. The fourth-order valence-corrected chi connectivity index (χ4v) is 1.64. The molecular weight excluding hydrogens is 298 g/mol. The highest BCUT2D eigenvalue weighted by Crippen LogP contribution is 2.23. The Bertz CT molecular complexity index is 527. The van der Waals surface area contributed by atoms with Crippen molar-refractivity contribution in [2.24, 2.45) is 0 Å². The lowest BCUT2D eigenvalue weighted by atomic mass is 10.1. The summed E-state index contributed by atoms with van der Waals surface area (Å²) < 4.78 is 32.0. The molecule has 20 heavy (non-hydrogen) atoms. The fourth-order valence-electron chi connectivity index (χ4n) is 1.47. The highest BCUT2D eigenvalue weighted by atomic mass is 35.5. The van der Waals surface area contributed by atoms with Gasteiger partial charge < -0.3 is 10.1 Å². The van der Waals surface area contributed by atoms with Gasteiger partial charge in [0.2, 0.25) is 5.82 Å². The number of hydrogen-bond acceptors (Lipinski definition) is 4. The number of amides is 1. The Balaban J connectivity index is 3.09.